The Labute approximate surface area is 73.0 Å². The van der Waals surface area contributed by atoms with Gasteiger partial charge in [0.15, 0.2) is 0 Å². The zero-order chi connectivity index (χ0) is 8.97. The predicted molar refractivity (Wildman–Crippen MR) is 48.7 cm³/mol. The topological polar surface area (TPSA) is 51.8 Å². The summed E-state index contributed by atoms with van der Waals surface area (Å²) in [5.74, 6) is 0.915. The van der Waals surface area contributed by atoms with Gasteiger partial charge in [0, 0.05) is 18.7 Å². The zero-order valence-electron chi connectivity index (χ0n) is 7.67. The predicted octanol–water partition coefficient (Wildman–Crippen LogP) is 1.20. The van der Waals surface area contributed by atoms with Crippen molar-refractivity contribution in [2.24, 2.45) is 5.73 Å². The van der Waals surface area contributed by atoms with Crippen molar-refractivity contribution in [1.29, 1.82) is 0 Å². The molecule has 1 heterocycles. The van der Waals surface area contributed by atoms with Crippen molar-refractivity contribution in [3.8, 4) is 0 Å². The molecule has 0 saturated carbocycles. The summed E-state index contributed by atoms with van der Waals surface area (Å²) in [6, 6.07) is 1.93. The summed E-state index contributed by atoms with van der Waals surface area (Å²) in [6.07, 6.45) is 2.02. The highest BCUT2D eigenvalue weighted by Crippen LogP contribution is 2.01. The Morgan fingerprint density at radius 1 is 1.42 bits per heavy atom. The monoisotopic (exact) mass is 165 g/mol. The lowest BCUT2D eigenvalue weighted by atomic mass is 10.3. The average molecular weight is 165 g/mol. The molecule has 0 saturated heterocycles. The molecule has 0 bridgehead atoms. The van der Waals surface area contributed by atoms with Crippen LogP contribution in [0.2, 0.25) is 0 Å². The van der Waals surface area contributed by atoms with E-state index < -0.39 is 0 Å². The van der Waals surface area contributed by atoms with E-state index in [4.69, 9.17) is 5.73 Å². The first-order valence-corrected chi connectivity index (χ1v) is 4.29. The van der Waals surface area contributed by atoms with Crippen LogP contribution in [0.3, 0.4) is 0 Å². The van der Waals surface area contributed by atoms with Crippen LogP contribution in [0.25, 0.3) is 0 Å². The van der Waals surface area contributed by atoms with E-state index in [2.05, 4.69) is 16.9 Å². The van der Waals surface area contributed by atoms with E-state index in [1.54, 1.807) is 0 Å². The van der Waals surface area contributed by atoms with Gasteiger partial charge in [-0.2, -0.15) is 0 Å². The molecule has 0 spiro atoms. The fourth-order valence-electron chi connectivity index (χ4n) is 1.14. The van der Waals surface area contributed by atoms with Crippen molar-refractivity contribution in [2.45, 2.75) is 33.2 Å². The third-order valence-electron chi connectivity index (χ3n) is 1.64. The number of rotatable bonds is 3. The van der Waals surface area contributed by atoms with Gasteiger partial charge in [-0.05, 0) is 19.4 Å². The van der Waals surface area contributed by atoms with Crippen LogP contribution < -0.4 is 5.73 Å². The van der Waals surface area contributed by atoms with E-state index in [-0.39, 0.29) is 0 Å². The first-order chi connectivity index (χ1) is 5.76. The van der Waals surface area contributed by atoms with Gasteiger partial charge < -0.3 is 5.73 Å². The molecule has 3 nitrogen and oxygen atoms in total. The van der Waals surface area contributed by atoms with Gasteiger partial charge in [-0.15, -0.1) is 0 Å². The highest BCUT2D eigenvalue weighted by molar-refractivity contribution is 5.09. The van der Waals surface area contributed by atoms with Gasteiger partial charge in [0.25, 0.3) is 0 Å². The van der Waals surface area contributed by atoms with Crippen LogP contribution in [0.15, 0.2) is 6.07 Å². The normalized spacial score (nSPS) is 10.2. The molecule has 66 valence electrons. The first kappa shape index (κ1) is 9.13. The van der Waals surface area contributed by atoms with Crippen molar-refractivity contribution >= 4 is 0 Å². The van der Waals surface area contributed by atoms with Crippen LogP contribution in [0.4, 0.5) is 0 Å². The van der Waals surface area contributed by atoms with E-state index in [0.29, 0.717) is 6.54 Å². The number of hydrogen-bond donors (Lipinski definition) is 1. The van der Waals surface area contributed by atoms with E-state index >= 15 is 0 Å². The molecule has 0 aromatic carbocycles. The molecule has 0 amide bonds. The highest BCUT2D eigenvalue weighted by atomic mass is 14.9. The smallest absolute Gasteiger partial charge is 0.128 e. The molecule has 3 heteroatoms. The molecule has 0 aliphatic heterocycles. The van der Waals surface area contributed by atoms with Crippen molar-refractivity contribution in [2.75, 3.05) is 0 Å². The van der Waals surface area contributed by atoms with Crippen molar-refractivity contribution in [3.05, 3.63) is 23.3 Å². The molecule has 0 fully saturated rings. The van der Waals surface area contributed by atoms with Gasteiger partial charge in [0.2, 0.25) is 0 Å². The second kappa shape index (κ2) is 4.16. The lowest BCUT2D eigenvalue weighted by molar-refractivity contribution is 0.799. The number of nitrogens with zero attached hydrogens (tertiary/aromatic N) is 2. The summed E-state index contributed by atoms with van der Waals surface area (Å²) >= 11 is 0. The maximum Gasteiger partial charge on any atom is 0.128 e. The quantitative estimate of drug-likeness (QED) is 0.732. The summed E-state index contributed by atoms with van der Waals surface area (Å²) in [5.41, 5.74) is 7.44. The largest absolute Gasteiger partial charge is 0.325 e. The Kier molecular flexibility index (Phi) is 3.17. The minimum absolute atomic E-state index is 0.500. The second-order valence-electron chi connectivity index (χ2n) is 2.87. The lowest BCUT2D eigenvalue weighted by Crippen LogP contribution is -2.05. The minimum atomic E-state index is 0.500. The molecule has 0 aliphatic rings. The Morgan fingerprint density at radius 2 is 2.17 bits per heavy atom. The summed E-state index contributed by atoms with van der Waals surface area (Å²) in [6.45, 7) is 4.59. The molecule has 0 atom stereocenters. The van der Waals surface area contributed by atoms with Crippen LogP contribution >= 0.6 is 0 Å². The zero-order valence-corrected chi connectivity index (χ0v) is 7.67. The Balaban J connectivity index is 2.90. The lowest BCUT2D eigenvalue weighted by Gasteiger charge is -2.02. The van der Waals surface area contributed by atoms with Crippen LogP contribution in [-0.2, 0) is 13.0 Å². The molecule has 0 aliphatic carbocycles. The maximum absolute atomic E-state index is 5.49. The summed E-state index contributed by atoms with van der Waals surface area (Å²) in [5, 5.41) is 0. The number of aromatic nitrogens is 2. The summed E-state index contributed by atoms with van der Waals surface area (Å²) in [7, 11) is 0. The van der Waals surface area contributed by atoms with Crippen LogP contribution in [0.1, 0.15) is 30.6 Å². The molecule has 1 rings (SSSR count). The van der Waals surface area contributed by atoms with Crippen molar-refractivity contribution in [3.63, 3.8) is 0 Å². The van der Waals surface area contributed by atoms with E-state index in [0.717, 1.165) is 30.1 Å². The summed E-state index contributed by atoms with van der Waals surface area (Å²) < 4.78 is 0. The molecule has 12 heavy (non-hydrogen) atoms. The van der Waals surface area contributed by atoms with Crippen LogP contribution in [-0.4, -0.2) is 9.97 Å². The minimum Gasteiger partial charge on any atom is -0.325 e. The van der Waals surface area contributed by atoms with E-state index in [1.807, 2.05) is 13.0 Å². The number of hydrogen-bond acceptors (Lipinski definition) is 3. The molecular formula is C9H15N3. The van der Waals surface area contributed by atoms with Crippen LogP contribution in [0.5, 0.6) is 0 Å². The maximum atomic E-state index is 5.49. The molecule has 2 N–H and O–H groups in total. The fraction of sp³-hybridized carbons (Fsp3) is 0.556. The van der Waals surface area contributed by atoms with Gasteiger partial charge in [-0.1, -0.05) is 6.92 Å². The SMILES string of the molecule is CCCc1nc(C)cc(CN)n1. The standard InChI is InChI=1S/C9H15N3/c1-3-4-9-11-7(2)5-8(6-10)12-9/h5H,3-4,6,10H2,1-2H3. The fourth-order valence-corrected chi connectivity index (χ4v) is 1.14. The number of aryl methyl sites for hydroxylation is 2. The van der Waals surface area contributed by atoms with Gasteiger partial charge >= 0.3 is 0 Å². The Morgan fingerprint density at radius 3 is 2.75 bits per heavy atom. The van der Waals surface area contributed by atoms with Crippen molar-refractivity contribution in [1.82, 2.24) is 9.97 Å². The molecule has 1 aromatic rings. The average Bonchev–Trinajstić information content (AvgIpc) is 2.04. The number of nitrogens with two attached hydrogens (primary N) is 1. The molecular weight excluding hydrogens is 150 g/mol. The third-order valence-corrected chi connectivity index (χ3v) is 1.64. The van der Waals surface area contributed by atoms with Crippen LogP contribution in [0, 0.1) is 6.92 Å². The van der Waals surface area contributed by atoms with Gasteiger partial charge in [0.05, 0.1) is 5.69 Å². The second-order valence-corrected chi connectivity index (χ2v) is 2.87. The summed E-state index contributed by atoms with van der Waals surface area (Å²) in [4.78, 5) is 8.61. The molecule has 0 unspecified atom stereocenters. The van der Waals surface area contributed by atoms with Gasteiger partial charge in [-0.25, -0.2) is 9.97 Å². The van der Waals surface area contributed by atoms with Crippen molar-refractivity contribution < 1.29 is 0 Å². The molecule has 1 aromatic heterocycles. The van der Waals surface area contributed by atoms with E-state index in [9.17, 15) is 0 Å². The van der Waals surface area contributed by atoms with E-state index in [1.165, 1.54) is 0 Å². The third kappa shape index (κ3) is 2.27. The Bertz CT molecular complexity index is 258. The highest BCUT2D eigenvalue weighted by Gasteiger charge is 1.99. The first-order valence-electron chi connectivity index (χ1n) is 4.29. The van der Waals surface area contributed by atoms with Gasteiger partial charge in [-0.3, -0.25) is 0 Å². The molecule has 0 radical (unpaired) electrons. The van der Waals surface area contributed by atoms with Gasteiger partial charge in [0.1, 0.15) is 5.82 Å². The Hall–Kier alpha value is -0.960.